The van der Waals surface area contributed by atoms with E-state index in [-0.39, 0.29) is 23.8 Å². The van der Waals surface area contributed by atoms with Crippen LogP contribution in [0.5, 0.6) is 0 Å². The molecule has 0 radical (unpaired) electrons. The molecule has 0 aliphatic carbocycles. The second kappa shape index (κ2) is 9.53. The van der Waals surface area contributed by atoms with Crippen LogP contribution in [0.1, 0.15) is 31.4 Å². The van der Waals surface area contributed by atoms with E-state index in [9.17, 15) is 9.59 Å². The number of carbonyl (C=O) groups is 2. The summed E-state index contributed by atoms with van der Waals surface area (Å²) in [5.41, 5.74) is 6.44. The second-order valence-corrected chi connectivity index (χ2v) is 6.59. The fraction of sp³-hybridized carbons (Fsp3) is 0.579. The smallest absolute Gasteiger partial charge is 0.244 e. The Morgan fingerprint density at radius 3 is 2.72 bits per heavy atom. The minimum Gasteiger partial charge on any atom is -0.355 e. The molecule has 1 aliphatic rings. The first-order chi connectivity index (χ1) is 12.1. The number of likely N-dealkylation sites (N-methyl/N-ethyl adjacent to an activating group) is 1. The van der Waals surface area contributed by atoms with Gasteiger partial charge in [-0.3, -0.25) is 14.5 Å². The maximum Gasteiger partial charge on any atom is 0.244 e. The third kappa shape index (κ3) is 5.03. The van der Waals surface area contributed by atoms with E-state index < -0.39 is 0 Å². The Labute approximate surface area is 150 Å². The molecule has 2 unspecified atom stereocenters. The molecule has 2 atom stereocenters. The molecule has 2 rings (SSSR count). The van der Waals surface area contributed by atoms with E-state index in [0.717, 1.165) is 24.9 Å². The van der Waals surface area contributed by atoms with Crippen molar-refractivity contribution in [2.75, 3.05) is 39.8 Å². The van der Waals surface area contributed by atoms with Gasteiger partial charge in [0.2, 0.25) is 11.8 Å². The number of rotatable bonds is 7. The Bertz CT molecular complexity index is 564. The third-order valence-corrected chi connectivity index (χ3v) is 4.84. The van der Waals surface area contributed by atoms with Crippen LogP contribution in [0, 0.1) is 5.92 Å². The summed E-state index contributed by atoms with van der Waals surface area (Å²) in [5, 5.41) is 2.84. The highest BCUT2D eigenvalue weighted by molar-refractivity contribution is 5.85. The number of amides is 2. The molecule has 1 aromatic carbocycles. The zero-order valence-corrected chi connectivity index (χ0v) is 15.3. The van der Waals surface area contributed by atoms with E-state index in [1.54, 1.807) is 0 Å². The minimum absolute atomic E-state index is 0.00283. The van der Waals surface area contributed by atoms with Crippen molar-refractivity contribution in [1.82, 2.24) is 15.1 Å². The molecule has 0 bridgehead atoms. The molecule has 1 fully saturated rings. The van der Waals surface area contributed by atoms with E-state index in [0.29, 0.717) is 26.2 Å². The normalized spacial score (nSPS) is 18.9. The van der Waals surface area contributed by atoms with E-state index in [4.69, 9.17) is 5.73 Å². The highest BCUT2D eigenvalue weighted by Crippen LogP contribution is 2.25. The molecule has 2 amide bonds. The quantitative estimate of drug-likeness (QED) is 0.772. The standard InChI is InChI=1S/C19H30N4O2/c1-3-22(2)17(15-8-5-4-6-9-15)19(25)23-13-7-10-16(14-23)18(24)21-12-11-20/h4-6,8-9,16-17H,3,7,10-14,20H2,1-2H3,(H,21,24). The lowest BCUT2D eigenvalue weighted by Gasteiger charge is -2.37. The number of carbonyl (C=O) groups excluding carboxylic acids is 2. The molecule has 6 nitrogen and oxygen atoms in total. The van der Waals surface area contributed by atoms with Gasteiger partial charge < -0.3 is 16.0 Å². The van der Waals surface area contributed by atoms with Gasteiger partial charge in [0.05, 0.1) is 5.92 Å². The average molecular weight is 346 g/mol. The van der Waals surface area contributed by atoms with Crippen LogP contribution in [0.25, 0.3) is 0 Å². The zero-order chi connectivity index (χ0) is 18.2. The summed E-state index contributed by atoms with van der Waals surface area (Å²) in [6, 6.07) is 9.54. The molecule has 6 heteroatoms. The van der Waals surface area contributed by atoms with Gasteiger partial charge in [0.15, 0.2) is 0 Å². The lowest BCUT2D eigenvalue weighted by molar-refractivity contribution is -0.140. The number of likely N-dealkylation sites (tertiary alicyclic amines) is 1. The lowest BCUT2D eigenvalue weighted by Crippen LogP contribution is -2.49. The number of nitrogens with two attached hydrogens (primary N) is 1. The monoisotopic (exact) mass is 346 g/mol. The molecule has 1 aromatic rings. The van der Waals surface area contributed by atoms with Crippen LogP contribution in [0.3, 0.4) is 0 Å². The van der Waals surface area contributed by atoms with E-state index >= 15 is 0 Å². The summed E-state index contributed by atoms with van der Waals surface area (Å²) in [7, 11) is 1.96. The molecular weight excluding hydrogens is 316 g/mol. The maximum absolute atomic E-state index is 13.2. The summed E-state index contributed by atoms with van der Waals surface area (Å²) < 4.78 is 0. The van der Waals surface area contributed by atoms with Gasteiger partial charge >= 0.3 is 0 Å². The van der Waals surface area contributed by atoms with E-state index in [1.165, 1.54) is 0 Å². The van der Waals surface area contributed by atoms with Crippen molar-refractivity contribution >= 4 is 11.8 Å². The highest BCUT2D eigenvalue weighted by Gasteiger charge is 2.33. The molecule has 0 spiro atoms. The van der Waals surface area contributed by atoms with Gasteiger partial charge in [-0.1, -0.05) is 37.3 Å². The van der Waals surface area contributed by atoms with E-state index in [1.807, 2.05) is 49.2 Å². The van der Waals surface area contributed by atoms with Crippen LogP contribution in [-0.2, 0) is 9.59 Å². The molecule has 1 aliphatic heterocycles. The fourth-order valence-electron chi connectivity index (χ4n) is 3.31. The molecule has 25 heavy (non-hydrogen) atoms. The molecule has 0 aromatic heterocycles. The number of hydrogen-bond acceptors (Lipinski definition) is 4. The van der Waals surface area contributed by atoms with Gasteiger partial charge in [-0.05, 0) is 32.0 Å². The summed E-state index contributed by atoms with van der Waals surface area (Å²) in [6.45, 7) is 4.92. The summed E-state index contributed by atoms with van der Waals surface area (Å²) in [5.74, 6) is -0.0671. The number of nitrogens with one attached hydrogen (secondary N) is 1. The van der Waals surface area contributed by atoms with Crippen LogP contribution in [-0.4, -0.2) is 61.4 Å². The first-order valence-corrected chi connectivity index (χ1v) is 9.10. The Kier molecular flexibility index (Phi) is 7.40. The molecule has 138 valence electrons. The summed E-state index contributed by atoms with van der Waals surface area (Å²) in [4.78, 5) is 29.4. The summed E-state index contributed by atoms with van der Waals surface area (Å²) >= 11 is 0. The van der Waals surface area contributed by atoms with Crippen LogP contribution in [0.2, 0.25) is 0 Å². The van der Waals surface area contributed by atoms with Gasteiger partial charge in [0, 0.05) is 26.2 Å². The molecular formula is C19H30N4O2. The van der Waals surface area contributed by atoms with Crippen LogP contribution in [0.4, 0.5) is 0 Å². The number of benzene rings is 1. The van der Waals surface area contributed by atoms with Gasteiger partial charge in [-0.2, -0.15) is 0 Å². The predicted octanol–water partition coefficient (Wildman–Crippen LogP) is 0.993. The summed E-state index contributed by atoms with van der Waals surface area (Å²) in [6.07, 6.45) is 1.67. The molecule has 1 saturated heterocycles. The first-order valence-electron chi connectivity index (χ1n) is 9.10. The van der Waals surface area contributed by atoms with Gasteiger partial charge in [0.1, 0.15) is 6.04 Å². The Morgan fingerprint density at radius 2 is 2.08 bits per heavy atom. The second-order valence-electron chi connectivity index (χ2n) is 6.59. The van der Waals surface area contributed by atoms with Crippen molar-refractivity contribution in [3.63, 3.8) is 0 Å². The predicted molar refractivity (Wildman–Crippen MR) is 98.9 cm³/mol. The van der Waals surface area contributed by atoms with Gasteiger partial charge in [-0.15, -0.1) is 0 Å². The van der Waals surface area contributed by atoms with Crippen molar-refractivity contribution in [2.24, 2.45) is 11.7 Å². The Hall–Kier alpha value is -1.92. The topological polar surface area (TPSA) is 78.7 Å². The van der Waals surface area contributed by atoms with Crippen molar-refractivity contribution in [3.05, 3.63) is 35.9 Å². The van der Waals surface area contributed by atoms with Gasteiger partial charge in [-0.25, -0.2) is 0 Å². The Morgan fingerprint density at radius 1 is 1.36 bits per heavy atom. The third-order valence-electron chi connectivity index (χ3n) is 4.84. The molecule has 0 saturated carbocycles. The maximum atomic E-state index is 13.2. The number of piperidine rings is 1. The SMILES string of the molecule is CCN(C)C(C(=O)N1CCCC(C(=O)NCCN)C1)c1ccccc1. The zero-order valence-electron chi connectivity index (χ0n) is 15.3. The minimum atomic E-state index is -0.308. The first kappa shape index (κ1) is 19.4. The van der Waals surface area contributed by atoms with Crippen LogP contribution < -0.4 is 11.1 Å². The van der Waals surface area contributed by atoms with Gasteiger partial charge in [0.25, 0.3) is 0 Å². The average Bonchev–Trinajstić information content (AvgIpc) is 2.66. The Balaban J connectivity index is 2.11. The number of nitrogens with zero attached hydrogens (tertiary/aromatic N) is 2. The van der Waals surface area contributed by atoms with Crippen molar-refractivity contribution in [1.29, 1.82) is 0 Å². The largest absolute Gasteiger partial charge is 0.355 e. The van der Waals surface area contributed by atoms with Crippen LogP contribution in [0.15, 0.2) is 30.3 Å². The van der Waals surface area contributed by atoms with Crippen LogP contribution >= 0.6 is 0 Å². The molecule has 3 N–H and O–H groups in total. The number of hydrogen-bond donors (Lipinski definition) is 2. The molecule has 1 heterocycles. The van der Waals surface area contributed by atoms with Crippen molar-refractivity contribution in [2.45, 2.75) is 25.8 Å². The van der Waals surface area contributed by atoms with Crippen molar-refractivity contribution in [3.8, 4) is 0 Å². The highest BCUT2D eigenvalue weighted by atomic mass is 16.2. The van der Waals surface area contributed by atoms with Crippen molar-refractivity contribution < 1.29 is 9.59 Å². The lowest BCUT2D eigenvalue weighted by atomic mass is 9.95. The fourth-order valence-corrected chi connectivity index (χ4v) is 3.31. The van der Waals surface area contributed by atoms with E-state index in [2.05, 4.69) is 10.2 Å².